The van der Waals surface area contributed by atoms with Gasteiger partial charge in [0.1, 0.15) is 5.54 Å². The highest BCUT2D eigenvalue weighted by Crippen LogP contribution is 2.54. The second-order valence-electron chi connectivity index (χ2n) is 8.67. The number of hydrogen-bond acceptors (Lipinski definition) is 4. The van der Waals surface area contributed by atoms with Crippen LogP contribution in [0.3, 0.4) is 0 Å². The van der Waals surface area contributed by atoms with E-state index in [2.05, 4.69) is 10.6 Å². The number of rotatable bonds is 4. The van der Waals surface area contributed by atoms with Crippen molar-refractivity contribution in [1.82, 2.24) is 10.2 Å². The summed E-state index contributed by atoms with van der Waals surface area (Å²) in [7, 11) is 0. The molecular weight excluding hydrogens is 414 g/mol. The van der Waals surface area contributed by atoms with Crippen LogP contribution < -0.4 is 10.6 Å². The van der Waals surface area contributed by atoms with Crippen molar-refractivity contribution in [3.63, 3.8) is 0 Å². The molecular formula is C24H24ClN3O3. The standard InChI is InChI=1S/C24H24ClN3O3/c1-3-13(2)28-21(29)18-17(12-14-8-5-4-6-9-14)27-24(19(18)22(28)30)15-10-7-11-16(25)20(15)26-23(24)31/h4-11,13,17-19,27H,3,12H2,1-2H3,(H,26,31)/t13-,17-,18-,19+,24+/m1/s1. The first-order valence-electron chi connectivity index (χ1n) is 10.7. The molecule has 3 aliphatic heterocycles. The lowest BCUT2D eigenvalue weighted by molar-refractivity contribution is -0.145. The van der Waals surface area contributed by atoms with Crippen molar-refractivity contribution in [2.45, 2.75) is 44.3 Å². The Morgan fingerprint density at radius 2 is 1.81 bits per heavy atom. The highest BCUT2D eigenvalue weighted by atomic mass is 35.5. The number of benzene rings is 2. The van der Waals surface area contributed by atoms with Gasteiger partial charge in [-0.05, 0) is 31.4 Å². The van der Waals surface area contributed by atoms with Crippen molar-refractivity contribution in [2.75, 3.05) is 5.32 Å². The Kier molecular flexibility index (Phi) is 4.68. The largest absolute Gasteiger partial charge is 0.323 e. The highest BCUT2D eigenvalue weighted by molar-refractivity contribution is 6.35. The van der Waals surface area contributed by atoms with Crippen molar-refractivity contribution in [3.8, 4) is 0 Å². The number of para-hydroxylation sites is 1. The smallest absolute Gasteiger partial charge is 0.250 e. The van der Waals surface area contributed by atoms with E-state index in [1.807, 2.05) is 50.2 Å². The van der Waals surface area contributed by atoms with Crippen LogP contribution in [0.15, 0.2) is 48.5 Å². The minimum Gasteiger partial charge on any atom is -0.323 e. The first-order chi connectivity index (χ1) is 14.9. The van der Waals surface area contributed by atoms with E-state index in [1.165, 1.54) is 4.90 Å². The van der Waals surface area contributed by atoms with E-state index in [1.54, 1.807) is 12.1 Å². The Morgan fingerprint density at radius 3 is 2.52 bits per heavy atom. The number of nitrogens with one attached hydrogen (secondary N) is 2. The summed E-state index contributed by atoms with van der Waals surface area (Å²) >= 11 is 6.37. The molecule has 0 unspecified atom stereocenters. The molecule has 0 bridgehead atoms. The predicted molar refractivity (Wildman–Crippen MR) is 117 cm³/mol. The van der Waals surface area contributed by atoms with Gasteiger partial charge in [0.15, 0.2) is 0 Å². The average molecular weight is 438 g/mol. The number of anilines is 1. The second-order valence-corrected chi connectivity index (χ2v) is 9.08. The van der Waals surface area contributed by atoms with Gasteiger partial charge in [0.25, 0.3) is 0 Å². The molecule has 6 nitrogen and oxygen atoms in total. The molecule has 2 aromatic carbocycles. The molecule has 0 saturated carbocycles. The number of carbonyl (C=O) groups is 3. The van der Waals surface area contributed by atoms with Crippen LogP contribution in [0.25, 0.3) is 0 Å². The van der Waals surface area contributed by atoms with E-state index in [0.29, 0.717) is 29.1 Å². The number of likely N-dealkylation sites (tertiary alicyclic amines) is 1. The molecule has 3 amide bonds. The summed E-state index contributed by atoms with van der Waals surface area (Å²) < 4.78 is 0. The lowest BCUT2D eigenvalue weighted by atomic mass is 9.76. The van der Waals surface area contributed by atoms with E-state index in [-0.39, 0.29) is 29.8 Å². The third-order valence-corrected chi connectivity index (χ3v) is 7.38. The number of imide groups is 1. The summed E-state index contributed by atoms with van der Waals surface area (Å²) in [5, 5.41) is 6.74. The summed E-state index contributed by atoms with van der Waals surface area (Å²) in [5.74, 6) is -2.22. The summed E-state index contributed by atoms with van der Waals surface area (Å²) in [5.41, 5.74) is 0.896. The lowest BCUT2D eigenvalue weighted by Gasteiger charge is -2.31. The molecule has 1 spiro atoms. The zero-order chi connectivity index (χ0) is 21.9. The molecule has 0 aromatic heterocycles. The molecule has 7 heteroatoms. The number of hydrogen-bond donors (Lipinski definition) is 2. The van der Waals surface area contributed by atoms with Crippen molar-refractivity contribution >= 4 is 35.0 Å². The van der Waals surface area contributed by atoms with Crippen LogP contribution in [0, 0.1) is 11.8 Å². The number of carbonyl (C=O) groups excluding carboxylic acids is 3. The summed E-state index contributed by atoms with van der Waals surface area (Å²) in [6.07, 6.45) is 1.20. The second kappa shape index (κ2) is 7.18. The van der Waals surface area contributed by atoms with Crippen molar-refractivity contribution in [2.24, 2.45) is 11.8 Å². The fourth-order valence-electron chi connectivity index (χ4n) is 5.48. The lowest BCUT2D eigenvalue weighted by Crippen LogP contribution is -2.54. The first-order valence-corrected chi connectivity index (χ1v) is 11.1. The van der Waals surface area contributed by atoms with Gasteiger partial charge in [-0.25, -0.2) is 0 Å². The van der Waals surface area contributed by atoms with E-state index in [4.69, 9.17) is 11.6 Å². The van der Waals surface area contributed by atoms with Gasteiger partial charge in [-0.3, -0.25) is 24.6 Å². The van der Waals surface area contributed by atoms with E-state index < -0.39 is 17.4 Å². The molecule has 160 valence electrons. The van der Waals surface area contributed by atoms with Crippen molar-refractivity contribution in [3.05, 3.63) is 64.7 Å². The summed E-state index contributed by atoms with van der Waals surface area (Å²) in [4.78, 5) is 42.0. The maximum absolute atomic E-state index is 13.6. The molecule has 3 aliphatic rings. The van der Waals surface area contributed by atoms with Crippen LogP contribution in [-0.4, -0.2) is 34.7 Å². The van der Waals surface area contributed by atoms with Gasteiger partial charge < -0.3 is 5.32 Å². The Morgan fingerprint density at radius 1 is 1.06 bits per heavy atom. The topological polar surface area (TPSA) is 78.5 Å². The van der Waals surface area contributed by atoms with E-state index in [9.17, 15) is 14.4 Å². The molecule has 2 aromatic rings. The monoisotopic (exact) mass is 437 g/mol. The fourth-order valence-corrected chi connectivity index (χ4v) is 5.70. The van der Waals surface area contributed by atoms with Gasteiger partial charge in [-0.1, -0.05) is 61.0 Å². The fraction of sp³-hybridized carbons (Fsp3) is 0.375. The molecule has 2 saturated heterocycles. The van der Waals surface area contributed by atoms with Gasteiger partial charge in [-0.2, -0.15) is 0 Å². The number of nitrogens with zero attached hydrogens (tertiary/aromatic N) is 1. The summed E-state index contributed by atoms with van der Waals surface area (Å²) in [6, 6.07) is 14.6. The third-order valence-electron chi connectivity index (χ3n) is 7.06. The van der Waals surface area contributed by atoms with Crippen molar-refractivity contribution < 1.29 is 14.4 Å². The highest BCUT2D eigenvalue weighted by Gasteiger charge is 2.70. The maximum atomic E-state index is 13.6. The molecule has 5 rings (SSSR count). The molecule has 5 atom stereocenters. The van der Waals surface area contributed by atoms with Crippen LogP contribution in [0.2, 0.25) is 5.02 Å². The summed E-state index contributed by atoms with van der Waals surface area (Å²) in [6.45, 7) is 3.83. The molecule has 2 fully saturated rings. The van der Waals surface area contributed by atoms with Crippen molar-refractivity contribution in [1.29, 1.82) is 0 Å². The number of fused-ring (bicyclic) bond motifs is 4. The molecule has 0 radical (unpaired) electrons. The molecule has 0 aliphatic carbocycles. The van der Waals surface area contributed by atoms with Gasteiger partial charge in [-0.15, -0.1) is 0 Å². The van der Waals surface area contributed by atoms with Crippen LogP contribution in [0.5, 0.6) is 0 Å². The van der Waals surface area contributed by atoms with E-state index >= 15 is 0 Å². The zero-order valence-corrected chi connectivity index (χ0v) is 18.1. The minimum atomic E-state index is -1.31. The SMILES string of the molecule is CC[C@@H](C)N1C(=O)[C@H]2[C@@H](C1=O)[C@]1(N[C@@H]2Cc2ccccc2)C(=O)Nc2c(Cl)cccc21. The van der Waals surface area contributed by atoms with E-state index in [0.717, 1.165) is 5.56 Å². The third kappa shape index (κ3) is 2.71. The first kappa shape index (κ1) is 20.2. The molecule has 3 heterocycles. The molecule has 31 heavy (non-hydrogen) atoms. The predicted octanol–water partition coefficient (Wildman–Crippen LogP) is 3.10. The minimum absolute atomic E-state index is 0.196. The van der Waals surface area contributed by atoms with Crippen LogP contribution in [0.1, 0.15) is 31.4 Å². The quantitative estimate of drug-likeness (QED) is 0.720. The van der Waals surface area contributed by atoms with Gasteiger partial charge in [0.05, 0.1) is 22.5 Å². The maximum Gasteiger partial charge on any atom is 0.250 e. The Labute approximate surface area is 185 Å². The van der Waals surface area contributed by atoms with Crippen LogP contribution >= 0.6 is 11.6 Å². The van der Waals surface area contributed by atoms with Gasteiger partial charge >= 0.3 is 0 Å². The Bertz CT molecular complexity index is 1090. The number of halogens is 1. The Hall–Kier alpha value is -2.70. The molecule has 2 N–H and O–H groups in total. The average Bonchev–Trinajstić information content (AvgIpc) is 3.34. The van der Waals surface area contributed by atoms with Gasteiger partial charge in [0, 0.05) is 17.6 Å². The van der Waals surface area contributed by atoms with Crippen LogP contribution in [-0.2, 0) is 26.3 Å². The number of amides is 3. The van der Waals surface area contributed by atoms with Gasteiger partial charge in [0.2, 0.25) is 17.7 Å². The normalized spacial score (nSPS) is 30.0. The zero-order valence-electron chi connectivity index (χ0n) is 17.4. The van der Waals surface area contributed by atoms with Crippen LogP contribution in [0.4, 0.5) is 5.69 Å². The Balaban J connectivity index is 1.66.